The van der Waals surface area contributed by atoms with Crippen LogP contribution in [0.3, 0.4) is 0 Å². The summed E-state index contributed by atoms with van der Waals surface area (Å²) in [6, 6.07) is 11.1. The fourth-order valence-corrected chi connectivity index (χ4v) is 3.34. The molecule has 0 saturated carbocycles. The molecule has 1 amide bonds. The highest BCUT2D eigenvalue weighted by Crippen LogP contribution is 2.35. The summed E-state index contributed by atoms with van der Waals surface area (Å²) in [5, 5.41) is 4.16. The summed E-state index contributed by atoms with van der Waals surface area (Å²) in [4.78, 5) is 16.6. The van der Waals surface area contributed by atoms with Crippen molar-refractivity contribution in [3.05, 3.63) is 57.6 Å². The topological polar surface area (TPSA) is 42.0 Å². The standard InChI is InChI=1S/C16H12Cl2N2OS/c1-2-9-3-5-10(6-4-9)15(21)20-16-19-14-12(22-16)8-7-11(17)13(14)18/h3-8H,2H2,1H3,(H,19,20,21). The number of amides is 1. The van der Waals surface area contributed by atoms with E-state index in [1.54, 1.807) is 6.07 Å². The lowest BCUT2D eigenvalue weighted by Crippen LogP contribution is -2.11. The molecule has 0 aliphatic carbocycles. The van der Waals surface area contributed by atoms with Crippen LogP contribution in [0.5, 0.6) is 0 Å². The SMILES string of the molecule is CCc1ccc(C(=O)Nc2nc3c(Cl)c(Cl)ccc3s2)cc1. The van der Waals surface area contributed by atoms with Crippen molar-refractivity contribution in [1.29, 1.82) is 0 Å². The number of nitrogens with zero attached hydrogens (tertiary/aromatic N) is 1. The third-order valence-corrected chi connectivity index (χ3v) is 5.03. The van der Waals surface area contributed by atoms with Crippen molar-refractivity contribution in [3.8, 4) is 0 Å². The van der Waals surface area contributed by atoms with Gasteiger partial charge in [-0.3, -0.25) is 10.1 Å². The van der Waals surface area contributed by atoms with E-state index < -0.39 is 0 Å². The van der Waals surface area contributed by atoms with Gasteiger partial charge in [-0.05, 0) is 36.2 Å². The summed E-state index contributed by atoms with van der Waals surface area (Å²) in [6.45, 7) is 2.07. The van der Waals surface area contributed by atoms with E-state index in [9.17, 15) is 4.79 Å². The second kappa shape index (κ2) is 6.24. The Morgan fingerprint density at radius 3 is 2.59 bits per heavy atom. The summed E-state index contributed by atoms with van der Waals surface area (Å²) in [5.41, 5.74) is 2.40. The molecule has 3 nitrogen and oxygen atoms in total. The summed E-state index contributed by atoms with van der Waals surface area (Å²) in [7, 11) is 0. The van der Waals surface area contributed by atoms with Gasteiger partial charge in [0.15, 0.2) is 5.13 Å². The Labute approximate surface area is 141 Å². The normalized spacial score (nSPS) is 10.9. The quantitative estimate of drug-likeness (QED) is 0.685. The number of benzene rings is 2. The van der Waals surface area contributed by atoms with Crippen molar-refractivity contribution in [3.63, 3.8) is 0 Å². The van der Waals surface area contributed by atoms with Crippen LogP contribution in [0.4, 0.5) is 5.13 Å². The van der Waals surface area contributed by atoms with Gasteiger partial charge in [-0.2, -0.15) is 0 Å². The van der Waals surface area contributed by atoms with Crippen LogP contribution in [0.25, 0.3) is 10.2 Å². The van der Waals surface area contributed by atoms with Crippen LogP contribution in [-0.4, -0.2) is 10.9 Å². The third-order valence-electron chi connectivity index (χ3n) is 3.30. The zero-order valence-corrected chi connectivity index (χ0v) is 14.0. The molecule has 0 bridgehead atoms. The highest BCUT2D eigenvalue weighted by molar-refractivity contribution is 7.22. The van der Waals surface area contributed by atoms with Crippen LogP contribution in [0.2, 0.25) is 10.0 Å². The molecule has 0 aliphatic heterocycles. The Hall–Kier alpha value is -1.62. The predicted octanol–water partition coefficient (Wildman–Crippen LogP) is 5.42. The Morgan fingerprint density at radius 1 is 1.18 bits per heavy atom. The highest BCUT2D eigenvalue weighted by atomic mass is 35.5. The number of anilines is 1. The third kappa shape index (κ3) is 2.95. The van der Waals surface area contributed by atoms with Crippen molar-refractivity contribution in [2.75, 3.05) is 5.32 Å². The molecule has 22 heavy (non-hydrogen) atoms. The Balaban J connectivity index is 1.85. The summed E-state index contributed by atoms with van der Waals surface area (Å²) >= 11 is 13.5. The molecule has 3 aromatic rings. The molecule has 0 spiro atoms. The van der Waals surface area contributed by atoms with E-state index in [1.807, 2.05) is 30.3 Å². The zero-order chi connectivity index (χ0) is 15.7. The van der Waals surface area contributed by atoms with Crippen LogP contribution >= 0.6 is 34.5 Å². The fraction of sp³-hybridized carbons (Fsp3) is 0.125. The smallest absolute Gasteiger partial charge is 0.257 e. The van der Waals surface area contributed by atoms with Gasteiger partial charge in [0.05, 0.1) is 14.7 Å². The van der Waals surface area contributed by atoms with E-state index >= 15 is 0 Å². The van der Waals surface area contributed by atoms with Crippen molar-refractivity contribution in [2.45, 2.75) is 13.3 Å². The number of nitrogens with one attached hydrogen (secondary N) is 1. The monoisotopic (exact) mass is 350 g/mol. The lowest BCUT2D eigenvalue weighted by atomic mass is 10.1. The van der Waals surface area contributed by atoms with Crippen LogP contribution in [-0.2, 0) is 6.42 Å². The van der Waals surface area contributed by atoms with E-state index in [0.29, 0.717) is 26.3 Å². The van der Waals surface area contributed by atoms with Gasteiger partial charge in [-0.15, -0.1) is 0 Å². The Bertz CT molecular complexity index is 843. The number of thiazole rings is 1. The average molecular weight is 351 g/mol. The van der Waals surface area contributed by atoms with Crippen LogP contribution in [0, 0.1) is 0 Å². The number of aromatic nitrogens is 1. The first kappa shape index (κ1) is 15.3. The van der Waals surface area contributed by atoms with E-state index in [1.165, 1.54) is 16.9 Å². The van der Waals surface area contributed by atoms with Crippen LogP contribution in [0.15, 0.2) is 36.4 Å². The minimum absolute atomic E-state index is 0.191. The maximum absolute atomic E-state index is 12.2. The molecular weight excluding hydrogens is 339 g/mol. The maximum atomic E-state index is 12.2. The van der Waals surface area contributed by atoms with E-state index in [-0.39, 0.29) is 5.91 Å². The van der Waals surface area contributed by atoms with Gasteiger partial charge in [0.1, 0.15) is 5.52 Å². The second-order valence-corrected chi connectivity index (χ2v) is 6.55. The molecular formula is C16H12Cl2N2OS. The van der Waals surface area contributed by atoms with E-state index in [4.69, 9.17) is 23.2 Å². The Morgan fingerprint density at radius 2 is 1.91 bits per heavy atom. The fourth-order valence-electron chi connectivity index (χ4n) is 2.05. The number of fused-ring (bicyclic) bond motifs is 1. The van der Waals surface area contributed by atoms with Gasteiger partial charge in [0.2, 0.25) is 0 Å². The largest absolute Gasteiger partial charge is 0.298 e. The molecule has 1 aromatic heterocycles. The minimum Gasteiger partial charge on any atom is -0.298 e. The van der Waals surface area contributed by atoms with Gasteiger partial charge >= 0.3 is 0 Å². The molecule has 112 valence electrons. The van der Waals surface area contributed by atoms with Gasteiger partial charge in [-0.25, -0.2) is 4.98 Å². The molecule has 6 heteroatoms. The van der Waals surface area contributed by atoms with Crippen molar-refractivity contribution < 1.29 is 4.79 Å². The number of carbonyl (C=O) groups is 1. The number of rotatable bonds is 3. The first-order chi connectivity index (χ1) is 10.6. The summed E-state index contributed by atoms with van der Waals surface area (Å²) in [5.74, 6) is -0.191. The van der Waals surface area contributed by atoms with Crippen molar-refractivity contribution in [1.82, 2.24) is 4.98 Å². The molecule has 0 saturated heterocycles. The van der Waals surface area contributed by atoms with E-state index in [0.717, 1.165) is 11.1 Å². The van der Waals surface area contributed by atoms with Crippen LogP contribution in [0.1, 0.15) is 22.8 Å². The molecule has 1 N–H and O–H groups in total. The number of hydrogen-bond acceptors (Lipinski definition) is 3. The van der Waals surface area contributed by atoms with Crippen LogP contribution < -0.4 is 5.32 Å². The maximum Gasteiger partial charge on any atom is 0.257 e. The summed E-state index contributed by atoms with van der Waals surface area (Å²) in [6.07, 6.45) is 0.943. The average Bonchev–Trinajstić information content (AvgIpc) is 2.94. The van der Waals surface area contributed by atoms with Gasteiger partial charge in [0.25, 0.3) is 5.91 Å². The van der Waals surface area contributed by atoms with Gasteiger partial charge in [0, 0.05) is 5.56 Å². The lowest BCUT2D eigenvalue weighted by molar-refractivity contribution is 0.102. The van der Waals surface area contributed by atoms with Crippen molar-refractivity contribution >= 4 is 55.8 Å². The van der Waals surface area contributed by atoms with Gasteiger partial charge in [-0.1, -0.05) is 53.6 Å². The van der Waals surface area contributed by atoms with Crippen molar-refractivity contribution in [2.24, 2.45) is 0 Å². The molecule has 0 atom stereocenters. The molecule has 2 aromatic carbocycles. The molecule has 0 fully saturated rings. The minimum atomic E-state index is -0.191. The molecule has 0 aliphatic rings. The zero-order valence-electron chi connectivity index (χ0n) is 11.7. The number of halogens is 2. The molecule has 1 heterocycles. The number of aryl methyl sites for hydroxylation is 1. The molecule has 0 unspecified atom stereocenters. The number of hydrogen-bond donors (Lipinski definition) is 1. The highest BCUT2D eigenvalue weighted by Gasteiger charge is 2.13. The lowest BCUT2D eigenvalue weighted by Gasteiger charge is -2.02. The Kier molecular flexibility index (Phi) is 4.34. The number of carbonyl (C=O) groups excluding carboxylic acids is 1. The molecule has 0 radical (unpaired) electrons. The second-order valence-electron chi connectivity index (χ2n) is 4.73. The first-order valence-electron chi connectivity index (χ1n) is 6.73. The first-order valence-corrected chi connectivity index (χ1v) is 8.30. The molecule has 3 rings (SSSR count). The van der Waals surface area contributed by atoms with Gasteiger partial charge < -0.3 is 0 Å². The van der Waals surface area contributed by atoms with E-state index in [2.05, 4.69) is 17.2 Å². The summed E-state index contributed by atoms with van der Waals surface area (Å²) < 4.78 is 0.881. The predicted molar refractivity (Wildman–Crippen MR) is 93.4 cm³/mol.